The van der Waals surface area contributed by atoms with Gasteiger partial charge in [0.25, 0.3) is 0 Å². The highest BCUT2D eigenvalue weighted by Crippen LogP contribution is 2.09. The van der Waals surface area contributed by atoms with Crippen LogP contribution in [0.5, 0.6) is 0 Å². The fourth-order valence-corrected chi connectivity index (χ4v) is 5.03. The summed E-state index contributed by atoms with van der Waals surface area (Å²) in [6.45, 7) is 0.945. The lowest BCUT2D eigenvalue weighted by molar-refractivity contribution is -0.0690. The van der Waals surface area contributed by atoms with Crippen LogP contribution in [0.4, 0.5) is 0 Å². The van der Waals surface area contributed by atoms with Gasteiger partial charge in [0.15, 0.2) is 6.61 Å². The third-order valence-corrected chi connectivity index (χ3v) is 6.50. The Kier molecular flexibility index (Phi) is 8.32. The molecule has 2 heteroatoms. The van der Waals surface area contributed by atoms with E-state index in [9.17, 15) is 0 Å². The van der Waals surface area contributed by atoms with Crippen LogP contribution in [0.25, 0.3) is 0 Å². The molecule has 0 saturated carbocycles. The second-order valence-corrected chi connectivity index (χ2v) is 9.12. The molecule has 35 heavy (non-hydrogen) atoms. The maximum Gasteiger partial charge on any atom is 0.171 e. The predicted molar refractivity (Wildman–Crippen MR) is 153 cm³/mol. The Labute approximate surface area is 210 Å². The van der Waals surface area contributed by atoms with Crippen molar-refractivity contribution in [2.75, 3.05) is 14.2 Å². The predicted octanol–water partition coefficient (Wildman–Crippen LogP) is 5.06. The lowest BCUT2D eigenvalue weighted by atomic mass is 9.13. The number of rotatable bonds is 6. The van der Waals surface area contributed by atoms with E-state index in [-0.39, 0.29) is 0 Å². The molecule has 0 fully saturated rings. The van der Waals surface area contributed by atoms with E-state index < -0.39 is 6.15 Å². The first-order valence-corrected chi connectivity index (χ1v) is 12.2. The van der Waals surface area contributed by atoms with E-state index in [4.69, 9.17) is 0 Å². The largest absolute Gasteiger partial charge is 0.423 e. The van der Waals surface area contributed by atoms with Crippen molar-refractivity contribution in [1.82, 2.24) is 0 Å². The summed E-state index contributed by atoms with van der Waals surface area (Å²) in [7, 11) is 3.99. The molecule has 5 aromatic carbocycles. The molecule has 0 spiro atoms. The molecule has 0 aliphatic carbocycles. The molecule has 0 saturated heterocycles. The van der Waals surface area contributed by atoms with Gasteiger partial charge in [-0.1, -0.05) is 152 Å². The van der Waals surface area contributed by atoms with Gasteiger partial charge in [-0.3, -0.25) is 0 Å². The quantitative estimate of drug-likeness (QED) is 0.248. The Hall–Kier alpha value is -3.88. The first kappa shape index (κ1) is 24.3. The second kappa shape index (κ2) is 12.0. The average molecular weight is 456 g/mol. The van der Waals surface area contributed by atoms with Crippen molar-refractivity contribution in [3.05, 3.63) is 157 Å². The molecule has 0 aromatic heterocycles. The molecule has 0 radical (unpaired) electrons. The van der Waals surface area contributed by atoms with Crippen LogP contribution in [-0.2, 0) is 11.0 Å². The lowest BCUT2D eigenvalue weighted by Crippen LogP contribution is -2.74. The van der Waals surface area contributed by atoms with Gasteiger partial charge in [0.1, 0.15) is 20.4 Å². The minimum absolute atomic E-state index is 0.945. The van der Waals surface area contributed by atoms with Gasteiger partial charge >= 0.3 is 0 Å². The van der Waals surface area contributed by atoms with E-state index in [2.05, 4.69) is 150 Å². The third-order valence-electron chi connectivity index (χ3n) is 6.50. The van der Waals surface area contributed by atoms with Gasteiger partial charge in [-0.05, 0) is 0 Å². The van der Waals surface area contributed by atoms with Crippen molar-refractivity contribution >= 4 is 28.0 Å². The SMILES string of the molecule is C[O+](C)Cc1ccccc1.c1ccc([B-](c2ccccc2)(c2ccccc2)c2ccccc2)cc1. The lowest BCUT2D eigenvalue weighted by Gasteiger charge is -2.44. The van der Waals surface area contributed by atoms with Crippen molar-refractivity contribution in [1.29, 1.82) is 0 Å². The van der Waals surface area contributed by atoms with Gasteiger partial charge in [-0.25, -0.2) is 0 Å². The minimum atomic E-state index is -1.22. The van der Waals surface area contributed by atoms with Crippen molar-refractivity contribution < 1.29 is 4.37 Å². The minimum Gasteiger partial charge on any atom is -0.423 e. The van der Waals surface area contributed by atoms with Crippen LogP contribution in [0.2, 0.25) is 0 Å². The Morgan fingerprint density at radius 3 is 0.914 bits per heavy atom. The van der Waals surface area contributed by atoms with Crippen LogP contribution in [0.3, 0.4) is 0 Å². The summed E-state index contributed by atoms with van der Waals surface area (Å²) in [6.07, 6.45) is -1.22. The second-order valence-electron chi connectivity index (χ2n) is 9.12. The molecular weight excluding hydrogens is 423 g/mol. The molecule has 174 valence electrons. The highest BCUT2D eigenvalue weighted by atomic mass is 16.7. The Morgan fingerprint density at radius 1 is 0.400 bits per heavy atom. The molecule has 1 nitrogen and oxygen atoms in total. The third kappa shape index (κ3) is 5.80. The molecule has 0 aliphatic rings. The van der Waals surface area contributed by atoms with E-state index in [1.165, 1.54) is 27.4 Å². The highest BCUT2D eigenvalue weighted by molar-refractivity contribution is 7.19. The Bertz CT molecular complexity index is 1090. The summed E-state index contributed by atoms with van der Waals surface area (Å²) in [5, 5.41) is 0. The first-order chi connectivity index (χ1) is 17.2. The van der Waals surface area contributed by atoms with Crippen molar-refractivity contribution in [2.45, 2.75) is 6.61 Å². The highest BCUT2D eigenvalue weighted by Gasteiger charge is 2.30. The summed E-state index contributed by atoms with van der Waals surface area (Å²) in [5.74, 6) is 0. The van der Waals surface area contributed by atoms with E-state index in [1.807, 2.05) is 20.3 Å². The standard InChI is InChI=1S/C24H20B.C9H13O/c1-5-13-21(14-6-1)25(22-15-7-2-8-16-22,23-17-9-3-10-18-23)24-19-11-4-12-20-24;1-10(2)8-9-6-4-3-5-7-9/h1-20H;3-7H,8H2,1-2H3/q-1;+1. The maximum atomic E-state index is 2.86. The Morgan fingerprint density at radius 2 is 0.657 bits per heavy atom. The zero-order chi connectivity index (χ0) is 24.3. The first-order valence-electron chi connectivity index (χ1n) is 12.2. The molecule has 0 bridgehead atoms. The van der Waals surface area contributed by atoms with Crippen LogP contribution in [0, 0.1) is 0 Å². The number of hydrogen-bond donors (Lipinski definition) is 0. The van der Waals surface area contributed by atoms with E-state index >= 15 is 0 Å². The van der Waals surface area contributed by atoms with Crippen LogP contribution in [-0.4, -0.2) is 20.4 Å². The van der Waals surface area contributed by atoms with Gasteiger partial charge in [0.05, 0.1) is 0 Å². The van der Waals surface area contributed by atoms with Crippen LogP contribution >= 0.6 is 0 Å². The molecule has 5 aromatic rings. The summed E-state index contributed by atoms with van der Waals surface area (Å²) in [4.78, 5) is 0. The average Bonchev–Trinajstić information content (AvgIpc) is 2.92. The fourth-order valence-electron chi connectivity index (χ4n) is 5.03. The van der Waals surface area contributed by atoms with E-state index in [0.29, 0.717) is 0 Å². The van der Waals surface area contributed by atoms with Crippen LogP contribution < -0.4 is 21.9 Å². The molecule has 0 atom stereocenters. The van der Waals surface area contributed by atoms with Gasteiger partial charge in [0, 0.05) is 5.56 Å². The van der Waals surface area contributed by atoms with Gasteiger partial charge in [-0.15, -0.1) is 0 Å². The number of hydrogen-bond acceptors (Lipinski definition) is 0. The smallest absolute Gasteiger partial charge is 0.171 e. The zero-order valence-electron chi connectivity index (χ0n) is 20.6. The normalized spacial score (nSPS) is 10.9. The molecule has 0 unspecified atom stereocenters. The zero-order valence-corrected chi connectivity index (χ0v) is 20.6. The van der Waals surface area contributed by atoms with Crippen LogP contribution in [0.1, 0.15) is 5.56 Å². The molecule has 5 rings (SSSR count). The van der Waals surface area contributed by atoms with Gasteiger partial charge < -0.3 is 4.37 Å². The Balaban J connectivity index is 0.000000243. The summed E-state index contributed by atoms with van der Waals surface area (Å²) in [6, 6.07) is 53.9. The van der Waals surface area contributed by atoms with Crippen molar-refractivity contribution in [3.63, 3.8) is 0 Å². The summed E-state index contributed by atoms with van der Waals surface area (Å²) >= 11 is 0. The molecule has 0 heterocycles. The molecule has 0 amide bonds. The molecule has 0 N–H and O–H groups in total. The van der Waals surface area contributed by atoms with Crippen molar-refractivity contribution in [2.24, 2.45) is 0 Å². The number of benzene rings is 5. The maximum absolute atomic E-state index is 2.86. The van der Waals surface area contributed by atoms with E-state index in [0.717, 1.165) is 6.61 Å². The van der Waals surface area contributed by atoms with E-state index in [1.54, 1.807) is 0 Å². The molecule has 0 aliphatic heterocycles. The fraction of sp³-hybridized carbons (Fsp3) is 0.0909. The topological polar surface area (TPSA) is 2.70 Å². The summed E-state index contributed by atoms with van der Waals surface area (Å²) < 4.78 is 2.86. The van der Waals surface area contributed by atoms with Crippen molar-refractivity contribution in [3.8, 4) is 0 Å². The summed E-state index contributed by atoms with van der Waals surface area (Å²) in [5.41, 5.74) is 6.69. The molecular formula is C33H33BO. The van der Waals surface area contributed by atoms with Gasteiger partial charge in [-0.2, -0.15) is 21.9 Å². The van der Waals surface area contributed by atoms with Crippen LogP contribution in [0.15, 0.2) is 152 Å². The monoisotopic (exact) mass is 456 g/mol. The van der Waals surface area contributed by atoms with Gasteiger partial charge in [0.2, 0.25) is 0 Å².